The predicted molar refractivity (Wildman–Crippen MR) is 86.0 cm³/mol. The number of aliphatic carboxylic acids is 1. The van der Waals surface area contributed by atoms with Gasteiger partial charge >= 0.3 is 5.97 Å². The molecule has 1 atom stereocenters. The molecular formula is C16H31BrO2. The summed E-state index contributed by atoms with van der Waals surface area (Å²) in [5.74, 6) is -0.750. The van der Waals surface area contributed by atoms with Crippen molar-refractivity contribution in [2.24, 2.45) is 0 Å². The van der Waals surface area contributed by atoms with E-state index < -0.39 is 10.3 Å². The Morgan fingerprint density at radius 2 is 1.26 bits per heavy atom. The van der Waals surface area contributed by atoms with E-state index >= 15 is 0 Å². The minimum absolute atomic E-state index is 0.722. The highest BCUT2D eigenvalue weighted by atomic mass is 79.9. The Kier molecular flexibility index (Phi) is 11.7. The zero-order valence-electron chi connectivity index (χ0n) is 12.7. The molecule has 19 heavy (non-hydrogen) atoms. The fourth-order valence-electron chi connectivity index (χ4n) is 2.23. The van der Waals surface area contributed by atoms with E-state index in [1.54, 1.807) is 6.92 Å². The number of alkyl halides is 1. The van der Waals surface area contributed by atoms with Crippen LogP contribution in [-0.2, 0) is 4.79 Å². The van der Waals surface area contributed by atoms with Crippen molar-refractivity contribution in [2.45, 2.75) is 95.2 Å². The van der Waals surface area contributed by atoms with Crippen LogP contribution in [0.4, 0.5) is 0 Å². The lowest BCUT2D eigenvalue weighted by Crippen LogP contribution is -2.27. The van der Waals surface area contributed by atoms with Crippen LogP contribution in [0.2, 0.25) is 0 Å². The van der Waals surface area contributed by atoms with Gasteiger partial charge in [-0.1, -0.05) is 93.5 Å². The lowest BCUT2D eigenvalue weighted by molar-refractivity contribution is -0.139. The molecule has 0 bridgehead atoms. The summed E-state index contributed by atoms with van der Waals surface area (Å²) in [6, 6.07) is 0. The van der Waals surface area contributed by atoms with Gasteiger partial charge in [0.25, 0.3) is 0 Å². The van der Waals surface area contributed by atoms with Crippen molar-refractivity contribution in [1.29, 1.82) is 0 Å². The third kappa shape index (κ3) is 11.5. The van der Waals surface area contributed by atoms with Gasteiger partial charge in [0.2, 0.25) is 0 Å². The van der Waals surface area contributed by atoms with Crippen LogP contribution in [0, 0.1) is 0 Å². The standard InChI is InChI=1S/C16H31BrO2/c1-3-4-5-6-7-8-9-10-11-12-13-14-16(2,17)15(18)19/h3-14H2,1-2H3,(H,18,19). The first-order valence-electron chi connectivity index (χ1n) is 7.93. The SMILES string of the molecule is CCCCCCCCCCCCCC(C)(Br)C(=O)O. The quantitative estimate of drug-likeness (QED) is 0.335. The number of unbranched alkanes of at least 4 members (excludes halogenated alkanes) is 10. The molecule has 0 spiro atoms. The molecule has 0 heterocycles. The van der Waals surface area contributed by atoms with Crippen LogP contribution in [-0.4, -0.2) is 15.4 Å². The zero-order chi connectivity index (χ0) is 14.6. The van der Waals surface area contributed by atoms with Crippen LogP contribution in [0.25, 0.3) is 0 Å². The summed E-state index contributed by atoms with van der Waals surface area (Å²) in [7, 11) is 0. The molecule has 0 aliphatic heterocycles. The molecular weight excluding hydrogens is 304 g/mol. The minimum atomic E-state index is -0.750. The Balaban J connectivity index is 3.21. The third-order valence-electron chi connectivity index (χ3n) is 3.70. The van der Waals surface area contributed by atoms with Crippen LogP contribution in [0.15, 0.2) is 0 Å². The summed E-state index contributed by atoms with van der Waals surface area (Å²) in [6.07, 6.45) is 15.0. The fourth-order valence-corrected chi connectivity index (χ4v) is 2.51. The van der Waals surface area contributed by atoms with E-state index in [2.05, 4.69) is 22.9 Å². The molecule has 0 aliphatic carbocycles. The van der Waals surface area contributed by atoms with Crippen molar-refractivity contribution in [3.05, 3.63) is 0 Å². The van der Waals surface area contributed by atoms with Gasteiger partial charge < -0.3 is 5.11 Å². The number of rotatable bonds is 13. The highest BCUT2D eigenvalue weighted by Gasteiger charge is 2.28. The molecule has 0 saturated heterocycles. The molecule has 1 unspecified atom stereocenters. The van der Waals surface area contributed by atoms with Crippen molar-refractivity contribution >= 4 is 21.9 Å². The predicted octanol–water partition coefficient (Wildman–Crippen LogP) is 5.93. The Morgan fingerprint density at radius 1 is 0.895 bits per heavy atom. The lowest BCUT2D eigenvalue weighted by atomic mass is 10.0. The molecule has 0 rings (SSSR count). The molecule has 0 aromatic carbocycles. The maximum atomic E-state index is 10.9. The van der Waals surface area contributed by atoms with Gasteiger partial charge in [-0.3, -0.25) is 4.79 Å². The van der Waals surface area contributed by atoms with Crippen LogP contribution in [0.5, 0.6) is 0 Å². The fraction of sp³-hybridized carbons (Fsp3) is 0.938. The van der Waals surface area contributed by atoms with Crippen LogP contribution >= 0.6 is 15.9 Å². The molecule has 0 aromatic heterocycles. The largest absolute Gasteiger partial charge is 0.480 e. The van der Waals surface area contributed by atoms with Crippen molar-refractivity contribution in [3.63, 3.8) is 0 Å². The van der Waals surface area contributed by atoms with Gasteiger partial charge in [0.1, 0.15) is 4.32 Å². The number of hydrogen-bond acceptors (Lipinski definition) is 1. The normalized spacial score (nSPS) is 14.3. The van der Waals surface area contributed by atoms with Gasteiger partial charge in [-0.2, -0.15) is 0 Å². The number of carbonyl (C=O) groups is 1. The van der Waals surface area contributed by atoms with E-state index in [1.165, 1.54) is 57.8 Å². The molecule has 0 fully saturated rings. The van der Waals surface area contributed by atoms with Gasteiger partial charge in [0.05, 0.1) is 0 Å². The Morgan fingerprint density at radius 3 is 1.63 bits per heavy atom. The number of hydrogen-bond donors (Lipinski definition) is 1. The average molecular weight is 335 g/mol. The minimum Gasteiger partial charge on any atom is -0.480 e. The Bertz CT molecular complexity index is 227. The topological polar surface area (TPSA) is 37.3 Å². The lowest BCUT2D eigenvalue weighted by Gasteiger charge is -2.16. The third-order valence-corrected chi connectivity index (χ3v) is 4.43. The van der Waals surface area contributed by atoms with E-state index in [0.29, 0.717) is 0 Å². The smallest absolute Gasteiger partial charge is 0.320 e. The maximum absolute atomic E-state index is 10.9. The second-order valence-electron chi connectivity index (χ2n) is 5.79. The highest BCUT2D eigenvalue weighted by molar-refractivity contribution is 9.10. The van der Waals surface area contributed by atoms with E-state index in [0.717, 1.165) is 19.3 Å². The summed E-state index contributed by atoms with van der Waals surface area (Å²) in [5, 5.41) is 8.96. The molecule has 0 radical (unpaired) electrons. The van der Waals surface area contributed by atoms with Crippen molar-refractivity contribution in [2.75, 3.05) is 0 Å². The van der Waals surface area contributed by atoms with E-state index in [1.807, 2.05) is 0 Å². The Hall–Kier alpha value is -0.0500. The monoisotopic (exact) mass is 334 g/mol. The van der Waals surface area contributed by atoms with Crippen LogP contribution in [0.1, 0.15) is 90.9 Å². The van der Waals surface area contributed by atoms with Gasteiger partial charge in [-0.15, -0.1) is 0 Å². The summed E-state index contributed by atoms with van der Waals surface area (Å²) < 4.78 is -0.730. The van der Waals surface area contributed by atoms with E-state index in [4.69, 9.17) is 5.11 Å². The molecule has 0 aromatic rings. The van der Waals surface area contributed by atoms with Crippen molar-refractivity contribution in [1.82, 2.24) is 0 Å². The highest BCUT2D eigenvalue weighted by Crippen LogP contribution is 2.25. The first-order valence-corrected chi connectivity index (χ1v) is 8.72. The zero-order valence-corrected chi connectivity index (χ0v) is 14.3. The number of halogens is 1. The maximum Gasteiger partial charge on any atom is 0.320 e. The molecule has 2 nitrogen and oxygen atoms in total. The molecule has 0 amide bonds. The van der Waals surface area contributed by atoms with Gasteiger partial charge in [-0.25, -0.2) is 0 Å². The summed E-state index contributed by atoms with van der Waals surface area (Å²) >= 11 is 3.27. The van der Waals surface area contributed by atoms with Crippen LogP contribution in [0.3, 0.4) is 0 Å². The second kappa shape index (κ2) is 11.7. The molecule has 0 aliphatic rings. The molecule has 114 valence electrons. The molecule has 0 saturated carbocycles. The van der Waals surface area contributed by atoms with Gasteiger partial charge in [-0.05, 0) is 13.3 Å². The molecule has 3 heteroatoms. The van der Waals surface area contributed by atoms with Crippen LogP contribution < -0.4 is 0 Å². The summed E-state index contributed by atoms with van der Waals surface area (Å²) in [6.45, 7) is 3.99. The number of carboxylic acid groups (broad SMARTS) is 1. The number of carboxylic acids is 1. The van der Waals surface area contributed by atoms with Crippen molar-refractivity contribution < 1.29 is 9.90 Å². The average Bonchev–Trinajstić information content (AvgIpc) is 2.35. The van der Waals surface area contributed by atoms with Gasteiger partial charge in [0, 0.05) is 0 Å². The summed E-state index contributed by atoms with van der Waals surface area (Å²) in [4.78, 5) is 10.9. The van der Waals surface area contributed by atoms with E-state index in [-0.39, 0.29) is 0 Å². The second-order valence-corrected chi connectivity index (χ2v) is 7.54. The first-order chi connectivity index (χ1) is 9.00. The molecule has 1 N–H and O–H groups in total. The van der Waals surface area contributed by atoms with Gasteiger partial charge in [0.15, 0.2) is 0 Å². The van der Waals surface area contributed by atoms with E-state index in [9.17, 15) is 4.79 Å². The Labute approximate surface area is 127 Å². The summed E-state index contributed by atoms with van der Waals surface area (Å²) in [5.41, 5.74) is 0. The van der Waals surface area contributed by atoms with Crippen molar-refractivity contribution in [3.8, 4) is 0 Å². The first kappa shape index (κ1) is 18.9.